The molecule has 1 aromatic rings. The summed E-state index contributed by atoms with van der Waals surface area (Å²) in [6.45, 7) is 7.62. The highest BCUT2D eigenvalue weighted by atomic mass is 16.3. The number of aliphatic hydroxyl groups excluding tert-OH is 1. The number of hydrogen-bond acceptors (Lipinski definition) is 3. The van der Waals surface area contributed by atoms with Crippen LogP contribution in [-0.4, -0.2) is 42.8 Å². The minimum atomic E-state index is -0.0492. The van der Waals surface area contributed by atoms with Crippen molar-refractivity contribution < 1.29 is 5.11 Å². The first-order valence-electron chi connectivity index (χ1n) is 6.25. The summed E-state index contributed by atoms with van der Waals surface area (Å²) in [6.07, 6.45) is 0. The van der Waals surface area contributed by atoms with Gasteiger partial charge in [0.1, 0.15) is 0 Å². The van der Waals surface area contributed by atoms with Crippen LogP contribution in [0.15, 0.2) is 30.3 Å². The Balaban J connectivity index is 2.81. The molecule has 0 aliphatic carbocycles. The first kappa shape index (κ1) is 14.2. The lowest BCUT2D eigenvalue weighted by Crippen LogP contribution is -2.44. The summed E-state index contributed by atoms with van der Waals surface area (Å²) in [5.74, 6) is 0. The number of nitrogens with two attached hydrogens (primary N) is 1. The molecule has 3 N–H and O–H groups in total. The average Bonchev–Trinajstić information content (AvgIpc) is 2.39. The Kier molecular flexibility index (Phi) is 5.62. The third-order valence-electron chi connectivity index (χ3n) is 3.36. The Morgan fingerprint density at radius 3 is 2.41 bits per heavy atom. The maximum Gasteiger partial charge on any atom is 0.0558 e. The van der Waals surface area contributed by atoms with Crippen molar-refractivity contribution in [2.45, 2.75) is 19.3 Å². The molecule has 3 nitrogen and oxygen atoms in total. The van der Waals surface area contributed by atoms with Crippen molar-refractivity contribution in [2.24, 2.45) is 5.73 Å². The molecule has 1 unspecified atom stereocenters. The zero-order valence-corrected chi connectivity index (χ0v) is 10.9. The molecule has 1 rings (SSSR count). The first-order chi connectivity index (χ1) is 8.16. The molecule has 17 heavy (non-hydrogen) atoms. The molecule has 1 aromatic carbocycles. The van der Waals surface area contributed by atoms with E-state index in [1.54, 1.807) is 0 Å². The molecule has 0 aromatic heterocycles. The van der Waals surface area contributed by atoms with E-state index in [-0.39, 0.29) is 12.0 Å². The van der Waals surface area contributed by atoms with Crippen molar-refractivity contribution in [2.75, 3.05) is 32.8 Å². The maximum atomic E-state index is 9.03. The minimum absolute atomic E-state index is 0.0492. The standard InChI is InChI=1S/C14H24N2O/c1-3-16(9-10-17)12-14(2,11-15)13-7-5-4-6-8-13/h4-8,17H,3,9-12,15H2,1-2H3. The monoisotopic (exact) mass is 236 g/mol. The van der Waals surface area contributed by atoms with Gasteiger partial charge in [-0.1, -0.05) is 44.2 Å². The molecular formula is C14H24N2O. The predicted octanol–water partition coefficient (Wildman–Crippen LogP) is 1.22. The lowest BCUT2D eigenvalue weighted by Gasteiger charge is -2.34. The van der Waals surface area contributed by atoms with Crippen LogP contribution in [0.1, 0.15) is 19.4 Å². The molecule has 0 radical (unpaired) electrons. The molecule has 0 saturated carbocycles. The molecule has 0 bridgehead atoms. The summed E-state index contributed by atoms with van der Waals surface area (Å²) in [7, 11) is 0. The van der Waals surface area contributed by atoms with Crippen LogP contribution in [0, 0.1) is 0 Å². The quantitative estimate of drug-likeness (QED) is 0.748. The summed E-state index contributed by atoms with van der Waals surface area (Å²) < 4.78 is 0. The fraction of sp³-hybridized carbons (Fsp3) is 0.571. The van der Waals surface area contributed by atoms with Gasteiger partial charge in [0, 0.05) is 25.0 Å². The number of aliphatic hydroxyl groups is 1. The van der Waals surface area contributed by atoms with E-state index in [1.807, 2.05) is 18.2 Å². The van der Waals surface area contributed by atoms with E-state index in [4.69, 9.17) is 10.8 Å². The molecular weight excluding hydrogens is 212 g/mol. The van der Waals surface area contributed by atoms with Gasteiger partial charge in [-0.05, 0) is 12.1 Å². The zero-order valence-electron chi connectivity index (χ0n) is 10.9. The molecule has 0 saturated heterocycles. The Hall–Kier alpha value is -0.900. The van der Waals surface area contributed by atoms with Gasteiger partial charge in [-0.3, -0.25) is 0 Å². The molecule has 0 spiro atoms. The summed E-state index contributed by atoms with van der Waals surface area (Å²) in [5.41, 5.74) is 7.16. The van der Waals surface area contributed by atoms with Crippen LogP contribution >= 0.6 is 0 Å². The first-order valence-corrected chi connectivity index (χ1v) is 6.25. The van der Waals surface area contributed by atoms with Crippen LogP contribution in [0.5, 0.6) is 0 Å². The highest BCUT2D eigenvalue weighted by Crippen LogP contribution is 2.23. The van der Waals surface area contributed by atoms with Crippen molar-refractivity contribution >= 4 is 0 Å². The molecule has 1 atom stereocenters. The Morgan fingerprint density at radius 1 is 1.29 bits per heavy atom. The van der Waals surface area contributed by atoms with Crippen molar-refractivity contribution in [3.8, 4) is 0 Å². The highest BCUT2D eigenvalue weighted by Gasteiger charge is 2.26. The Labute approximate surface area is 104 Å². The van der Waals surface area contributed by atoms with E-state index >= 15 is 0 Å². The number of hydrogen-bond donors (Lipinski definition) is 2. The predicted molar refractivity (Wildman–Crippen MR) is 72.0 cm³/mol. The lowest BCUT2D eigenvalue weighted by molar-refractivity contribution is 0.174. The smallest absolute Gasteiger partial charge is 0.0558 e. The largest absolute Gasteiger partial charge is 0.395 e. The normalized spacial score (nSPS) is 14.9. The van der Waals surface area contributed by atoms with E-state index in [2.05, 4.69) is 30.9 Å². The fourth-order valence-electron chi connectivity index (χ4n) is 2.10. The van der Waals surface area contributed by atoms with Gasteiger partial charge >= 0.3 is 0 Å². The van der Waals surface area contributed by atoms with Crippen LogP contribution in [0.2, 0.25) is 0 Å². The molecule has 0 heterocycles. The van der Waals surface area contributed by atoms with Gasteiger partial charge < -0.3 is 15.7 Å². The van der Waals surface area contributed by atoms with Gasteiger partial charge in [0.2, 0.25) is 0 Å². The maximum absolute atomic E-state index is 9.03. The number of rotatable bonds is 7. The molecule has 3 heteroatoms. The number of benzene rings is 1. The summed E-state index contributed by atoms with van der Waals surface area (Å²) in [4.78, 5) is 2.24. The van der Waals surface area contributed by atoms with E-state index in [0.717, 1.165) is 13.1 Å². The lowest BCUT2D eigenvalue weighted by atomic mass is 9.82. The van der Waals surface area contributed by atoms with Crippen LogP contribution in [0.25, 0.3) is 0 Å². The third-order valence-corrected chi connectivity index (χ3v) is 3.36. The van der Waals surface area contributed by atoms with Gasteiger partial charge in [0.25, 0.3) is 0 Å². The van der Waals surface area contributed by atoms with Crippen LogP contribution in [0.4, 0.5) is 0 Å². The third kappa shape index (κ3) is 3.80. The summed E-state index contributed by atoms with van der Waals surface area (Å²) in [5, 5.41) is 9.03. The van der Waals surface area contributed by atoms with Gasteiger partial charge in [-0.25, -0.2) is 0 Å². The van der Waals surface area contributed by atoms with Gasteiger partial charge in [0.15, 0.2) is 0 Å². The van der Waals surface area contributed by atoms with Gasteiger partial charge in [-0.15, -0.1) is 0 Å². The molecule has 0 aliphatic heterocycles. The fourth-order valence-corrected chi connectivity index (χ4v) is 2.10. The second-order valence-electron chi connectivity index (χ2n) is 4.72. The minimum Gasteiger partial charge on any atom is -0.395 e. The zero-order chi connectivity index (χ0) is 12.7. The van der Waals surface area contributed by atoms with E-state index in [0.29, 0.717) is 13.1 Å². The molecule has 0 amide bonds. The van der Waals surface area contributed by atoms with Gasteiger partial charge in [-0.2, -0.15) is 0 Å². The molecule has 96 valence electrons. The Morgan fingerprint density at radius 2 is 1.94 bits per heavy atom. The van der Waals surface area contributed by atoms with E-state index in [1.165, 1.54) is 5.56 Å². The molecule has 0 fully saturated rings. The highest BCUT2D eigenvalue weighted by molar-refractivity contribution is 5.25. The van der Waals surface area contributed by atoms with Crippen molar-refractivity contribution in [1.29, 1.82) is 0 Å². The van der Waals surface area contributed by atoms with Crippen LogP contribution in [-0.2, 0) is 5.41 Å². The summed E-state index contributed by atoms with van der Waals surface area (Å²) >= 11 is 0. The Bertz CT molecular complexity index is 315. The van der Waals surface area contributed by atoms with Gasteiger partial charge in [0.05, 0.1) is 6.61 Å². The number of likely N-dealkylation sites (N-methyl/N-ethyl adjacent to an activating group) is 1. The van der Waals surface area contributed by atoms with Crippen LogP contribution < -0.4 is 5.73 Å². The second-order valence-corrected chi connectivity index (χ2v) is 4.72. The SMILES string of the molecule is CCN(CCO)CC(C)(CN)c1ccccc1. The molecule has 0 aliphatic rings. The second kappa shape index (κ2) is 6.74. The average molecular weight is 236 g/mol. The van der Waals surface area contributed by atoms with E-state index < -0.39 is 0 Å². The van der Waals surface area contributed by atoms with Crippen LogP contribution in [0.3, 0.4) is 0 Å². The van der Waals surface area contributed by atoms with Crippen molar-refractivity contribution in [1.82, 2.24) is 4.90 Å². The van der Waals surface area contributed by atoms with E-state index in [9.17, 15) is 0 Å². The summed E-state index contributed by atoms with van der Waals surface area (Å²) in [6, 6.07) is 10.4. The van der Waals surface area contributed by atoms with Crippen molar-refractivity contribution in [3.63, 3.8) is 0 Å². The topological polar surface area (TPSA) is 49.5 Å². The van der Waals surface area contributed by atoms with Crippen molar-refractivity contribution in [3.05, 3.63) is 35.9 Å². The number of nitrogens with zero attached hydrogens (tertiary/aromatic N) is 1.